The van der Waals surface area contributed by atoms with Crippen LogP contribution < -0.4 is 13.8 Å². The summed E-state index contributed by atoms with van der Waals surface area (Å²) in [6, 6.07) is 33.3. The number of nitrogens with zero attached hydrogens (tertiary/aromatic N) is 1. The van der Waals surface area contributed by atoms with E-state index in [9.17, 15) is 9.90 Å². The zero-order valence-electron chi connectivity index (χ0n) is 29.8. The third-order valence-electron chi connectivity index (χ3n) is 8.29. The molecule has 0 atom stereocenters. The Morgan fingerprint density at radius 3 is 2.16 bits per heavy atom. The lowest BCUT2D eigenvalue weighted by Crippen LogP contribution is -2.22. The third kappa shape index (κ3) is 9.24. The number of anilines is 2. The molecule has 50 heavy (non-hydrogen) atoms. The topological polar surface area (TPSA) is 82.0 Å². The van der Waals surface area contributed by atoms with E-state index in [4.69, 9.17) is 9.84 Å². The van der Waals surface area contributed by atoms with Crippen molar-refractivity contribution >= 4 is 41.2 Å². The quantitative estimate of drug-likeness (QED) is 0.124. The summed E-state index contributed by atoms with van der Waals surface area (Å²) in [7, 11) is 0. The first-order valence-electron chi connectivity index (χ1n) is 16.6. The van der Waals surface area contributed by atoms with Gasteiger partial charge in [-0.25, -0.2) is 0 Å². The summed E-state index contributed by atoms with van der Waals surface area (Å²) in [4.78, 5) is 13.2. The molecule has 1 aliphatic heterocycles. The molecule has 260 valence electrons. The molecule has 0 aliphatic carbocycles. The molecule has 6 nitrogen and oxygen atoms in total. The van der Waals surface area contributed by atoms with Crippen LogP contribution in [0.3, 0.4) is 0 Å². The van der Waals surface area contributed by atoms with Crippen LogP contribution in [0.5, 0.6) is 5.75 Å². The van der Waals surface area contributed by atoms with Crippen LogP contribution >= 0.6 is 23.9 Å². The van der Waals surface area contributed by atoms with Crippen molar-refractivity contribution < 1.29 is 19.7 Å². The van der Waals surface area contributed by atoms with Gasteiger partial charge in [0.25, 0.3) is 0 Å². The van der Waals surface area contributed by atoms with Crippen LogP contribution in [-0.2, 0) is 24.4 Å². The molecule has 0 saturated heterocycles. The number of aryl methyl sites for hydroxylation is 1. The summed E-state index contributed by atoms with van der Waals surface area (Å²) < 4.78 is 11.8. The number of fused-ring (bicyclic) bond motifs is 3. The van der Waals surface area contributed by atoms with Crippen LogP contribution in [0.2, 0.25) is 0 Å². The number of aliphatic carboxylic acids is 1. The first-order valence-corrected chi connectivity index (χ1v) is 18.6. The predicted molar refractivity (Wildman–Crippen MR) is 211 cm³/mol. The summed E-state index contributed by atoms with van der Waals surface area (Å²) in [5.41, 5.74) is 12.6. The molecular weight excluding hydrogens is 661 g/mol. The Balaban J connectivity index is 0.000000908. The molecule has 0 bridgehead atoms. The van der Waals surface area contributed by atoms with E-state index in [0.29, 0.717) is 6.61 Å². The standard InChI is InChI=1S/C38H36N2O3S2.C4H10O/c1-24-10-12-28(13-11-24)36-26(3)37-34-20-30(15-14-29(34)22-40(44-4)38(37)25(2)33(36)21-35(41)42)39-45-32-18-16-31(17-19-32)43-23-27-8-6-5-7-9-27;1-4(2,3)5/h5-20,39H,21-23H2,1-4H3,(H,41,42);5H,1-3H3. The molecule has 3 N–H and O–H groups in total. The minimum atomic E-state index is -0.822. The molecule has 5 aromatic carbocycles. The summed E-state index contributed by atoms with van der Waals surface area (Å²) in [5, 5.41) is 18.4. The van der Waals surface area contributed by atoms with Gasteiger partial charge in [-0.05, 0) is 134 Å². The lowest BCUT2D eigenvalue weighted by molar-refractivity contribution is -0.136. The highest BCUT2D eigenvalue weighted by Gasteiger charge is 2.30. The van der Waals surface area contributed by atoms with Gasteiger partial charge in [-0.15, -0.1) is 0 Å². The SMILES string of the molecule is CC(C)(C)O.CSN1Cc2ccc(NSc3ccc(OCc4ccccc4)cc3)cc2-c2c(C)c(-c3ccc(C)cc3)c(CC(=O)O)c(C)c21. The van der Waals surface area contributed by atoms with Gasteiger partial charge >= 0.3 is 5.97 Å². The van der Waals surface area contributed by atoms with Crippen molar-refractivity contribution in [3.63, 3.8) is 0 Å². The van der Waals surface area contributed by atoms with Crippen LogP contribution in [0.25, 0.3) is 22.3 Å². The maximum Gasteiger partial charge on any atom is 0.307 e. The zero-order chi connectivity index (χ0) is 36.0. The van der Waals surface area contributed by atoms with E-state index >= 15 is 0 Å². The van der Waals surface area contributed by atoms with Crippen molar-refractivity contribution in [3.8, 4) is 28.0 Å². The normalized spacial score (nSPS) is 12.0. The van der Waals surface area contributed by atoms with Gasteiger partial charge in [-0.1, -0.05) is 78.2 Å². The average molecular weight is 707 g/mol. The Labute approximate surface area is 305 Å². The molecule has 0 aromatic heterocycles. The number of benzene rings is 5. The van der Waals surface area contributed by atoms with E-state index in [2.05, 4.69) is 103 Å². The first-order chi connectivity index (χ1) is 23.8. The number of rotatable bonds is 10. The van der Waals surface area contributed by atoms with Crippen molar-refractivity contribution in [2.75, 3.05) is 15.3 Å². The Bertz CT molecular complexity index is 1930. The molecule has 1 aliphatic rings. The van der Waals surface area contributed by atoms with Crippen LogP contribution in [0, 0.1) is 20.8 Å². The summed E-state index contributed by atoms with van der Waals surface area (Å²) in [6.45, 7) is 12.8. The minimum Gasteiger partial charge on any atom is -0.489 e. The number of hydrogen-bond acceptors (Lipinski definition) is 7. The van der Waals surface area contributed by atoms with Gasteiger partial charge in [0.1, 0.15) is 12.4 Å². The van der Waals surface area contributed by atoms with E-state index in [1.54, 1.807) is 44.7 Å². The molecule has 6 rings (SSSR count). The predicted octanol–water partition coefficient (Wildman–Crippen LogP) is 10.6. The summed E-state index contributed by atoms with van der Waals surface area (Å²) in [5.74, 6) is 0.0152. The monoisotopic (exact) mass is 706 g/mol. The van der Waals surface area contributed by atoms with Crippen LogP contribution in [-0.4, -0.2) is 28.0 Å². The first kappa shape index (κ1) is 36.9. The Hall–Kier alpha value is -4.37. The van der Waals surface area contributed by atoms with E-state index < -0.39 is 11.6 Å². The van der Waals surface area contributed by atoms with Gasteiger partial charge in [-0.2, -0.15) is 0 Å². The van der Waals surface area contributed by atoms with Crippen molar-refractivity contribution in [1.82, 2.24) is 0 Å². The third-order valence-corrected chi connectivity index (χ3v) is 9.88. The van der Waals surface area contributed by atoms with Crippen LogP contribution in [0.1, 0.15) is 54.2 Å². The minimum absolute atomic E-state index is 0.0213. The van der Waals surface area contributed by atoms with Gasteiger partial charge in [0.2, 0.25) is 0 Å². The highest BCUT2D eigenvalue weighted by atomic mass is 32.2. The van der Waals surface area contributed by atoms with Crippen molar-refractivity contribution in [3.05, 3.63) is 130 Å². The number of ether oxygens (including phenoxy) is 1. The molecule has 8 heteroatoms. The molecule has 0 spiro atoms. The average Bonchev–Trinajstić information content (AvgIpc) is 3.08. The maximum absolute atomic E-state index is 12.1. The number of aliphatic hydroxyl groups is 1. The Kier molecular flexibility index (Phi) is 11.9. The van der Waals surface area contributed by atoms with E-state index in [0.717, 1.165) is 61.9 Å². The van der Waals surface area contributed by atoms with Gasteiger partial charge in [0.05, 0.1) is 24.3 Å². The highest BCUT2D eigenvalue weighted by molar-refractivity contribution is 8.00. The largest absolute Gasteiger partial charge is 0.489 e. The lowest BCUT2D eigenvalue weighted by Gasteiger charge is -2.36. The number of hydrogen-bond donors (Lipinski definition) is 3. The van der Waals surface area contributed by atoms with Gasteiger partial charge in [0.15, 0.2) is 0 Å². The highest BCUT2D eigenvalue weighted by Crippen LogP contribution is 2.50. The molecule has 0 radical (unpaired) electrons. The lowest BCUT2D eigenvalue weighted by atomic mass is 9.81. The fourth-order valence-corrected chi connectivity index (χ4v) is 7.35. The smallest absolute Gasteiger partial charge is 0.307 e. The molecule has 0 fully saturated rings. The van der Waals surface area contributed by atoms with Gasteiger partial charge in [0, 0.05) is 22.4 Å². The summed E-state index contributed by atoms with van der Waals surface area (Å²) >= 11 is 3.24. The second-order valence-electron chi connectivity index (χ2n) is 13.5. The number of carbonyl (C=O) groups is 1. The molecule has 5 aromatic rings. The van der Waals surface area contributed by atoms with Crippen molar-refractivity contribution in [1.29, 1.82) is 0 Å². The van der Waals surface area contributed by atoms with Crippen molar-refractivity contribution in [2.45, 2.75) is 71.6 Å². The maximum atomic E-state index is 12.1. The summed E-state index contributed by atoms with van der Waals surface area (Å²) in [6.07, 6.45) is 2.06. The van der Waals surface area contributed by atoms with E-state index in [-0.39, 0.29) is 6.42 Å². The van der Waals surface area contributed by atoms with E-state index in [1.165, 1.54) is 22.3 Å². The van der Waals surface area contributed by atoms with Gasteiger partial charge < -0.3 is 24.0 Å². The van der Waals surface area contributed by atoms with Crippen LogP contribution in [0.4, 0.5) is 11.4 Å². The number of carboxylic acids is 1. The fraction of sp³-hybridized carbons (Fsp3) is 0.262. The molecular formula is C42H46N2O4S2. The molecule has 0 saturated carbocycles. The van der Waals surface area contributed by atoms with E-state index in [1.807, 2.05) is 30.3 Å². The fourth-order valence-electron chi connectivity index (χ4n) is 6.03. The zero-order valence-corrected chi connectivity index (χ0v) is 31.5. The Morgan fingerprint density at radius 1 is 0.880 bits per heavy atom. The number of carboxylic acid groups (broad SMARTS) is 1. The van der Waals surface area contributed by atoms with Crippen molar-refractivity contribution in [2.24, 2.45) is 0 Å². The molecule has 0 amide bonds. The second kappa shape index (κ2) is 16.1. The Morgan fingerprint density at radius 2 is 1.54 bits per heavy atom. The van der Waals surface area contributed by atoms with Crippen LogP contribution in [0.15, 0.2) is 102 Å². The number of nitrogens with one attached hydrogen (secondary N) is 1. The molecule has 1 heterocycles. The second-order valence-corrected chi connectivity index (χ2v) is 15.2. The van der Waals surface area contributed by atoms with Gasteiger partial charge in [-0.3, -0.25) is 4.79 Å². The molecule has 0 unspecified atom stereocenters.